The summed E-state index contributed by atoms with van der Waals surface area (Å²) in [7, 11) is 0. The van der Waals surface area contributed by atoms with Crippen molar-refractivity contribution in [1.29, 1.82) is 0 Å². The summed E-state index contributed by atoms with van der Waals surface area (Å²) in [6.45, 7) is 1.52. The van der Waals surface area contributed by atoms with Crippen LogP contribution in [0.2, 0.25) is 5.02 Å². The van der Waals surface area contributed by atoms with Gasteiger partial charge in [-0.1, -0.05) is 54.1 Å². The lowest BCUT2D eigenvalue weighted by Gasteiger charge is -2.22. The molecule has 1 aromatic heterocycles. The molecule has 176 valence electrons. The molecular weight excluding hydrogens is 528 g/mol. The van der Waals surface area contributed by atoms with Gasteiger partial charge in [0.2, 0.25) is 0 Å². The summed E-state index contributed by atoms with van der Waals surface area (Å²) in [5, 5.41) is 3.64. The number of hydrogen-bond acceptors (Lipinski definition) is 4. The molecule has 4 rings (SSSR count). The van der Waals surface area contributed by atoms with Gasteiger partial charge in [-0.3, -0.25) is 4.99 Å². The Bertz CT molecular complexity index is 1200. The van der Waals surface area contributed by atoms with E-state index in [-0.39, 0.29) is 12.4 Å². The van der Waals surface area contributed by atoms with Crippen LogP contribution in [-0.2, 0) is 0 Å². The number of anilines is 1. The predicted octanol–water partition coefficient (Wildman–Crippen LogP) is 8.59. The number of thiazole rings is 1. The van der Waals surface area contributed by atoms with Crippen LogP contribution in [0.5, 0.6) is 0 Å². The lowest BCUT2D eigenvalue weighted by atomic mass is 10.1. The van der Waals surface area contributed by atoms with Crippen LogP contribution in [-0.4, -0.2) is 36.0 Å². The predicted molar refractivity (Wildman–Crippen MR) is 153 cm³/mol. The van der Waals surface area contributed by atoms with E-state index in [1.165, 1.54) is 0 Å². The van der Waals surface area contributed by atoms with Gasteiger partial charge < -0.3 is 4.90 Å². The molecule has 0 aliphatic rings. The molecule has 8 heteroatoms. The van der Waals surface area contributed by atoms with Crippen molar-refractivity contribution in [3.63, 3.8) is 0 Å². The summed E-state index contributed by atoms with van der Waals surface area (Å²) >= 11 is 20.0. The van der Waals surface area contributed by atoms with E-state index < -0.39 is 0 Å². The van der Waals surface area contributed by atoms with E-state index in [4.69, 9.17) is 39.8 Å². The van der Waals surface area contributed by atoms with Crippen molar-refractivity contribution in [2.24, 2.45) is 4.99 Å². The van der Waals surface area contributed by atoms with E-state index in [0.29, 0.717) is 16.8 Å². The Balaban J connectivity index is 0.00000324. The fraction of sp³-hybridized carbons (Fsp3) is 0.154. The minimum atomic E-state index is 0. The summed E-state index contributed by atoms with van der Waals surface area (Å²) in [4.78, 5) is 11.5. The molecular formula is C26H23Cl4N3S. The Morgan fingerprint density at radius 2 is 1.62 bits per heavy atom. The average molecular weight is 551 g/mol. The highest BCUT2D eigenvalue weighted by Crippen LogP contribution is 2.34. The summed E-state index contributed by atoms with van der Waals surface area (Å²) in [5.74, 6) is 1.12. The normalized spacial score (nSPS) is 10.9. The van der Waals surface area contributed by atoms with Crippen molar-refractivity contribution in [2.45, 2.75) is 0 Å². The first-order chi connectivity index (χ1) is 16.2. The van der Waals surface area contributed by atoms with Gasteiger partial charge in [0, 0.05) is 53.3 Å². The average Bonchev–Trinajstić information content (AvgIpc) is 3.34. The molecule has 0 atom stereocenters. The molecule has 0 saturated carbocycles. The van der Waals surface area contributed by atoms with Gasteiger partial charge >= 0.3 is 0 Å². The van der Waals surface area contributed by atoms with Crippen LogP contribution in [0.3, 0.4) is 0 Å². The maximum absolute atomic E-state index is 6.58. The molecule has 0 saturated heterocycles. The summed E-state index contributed by atoms with van der Waals surface area (Å²) in [5.41, 5.74) is 5.76. The maximum atomic E-state index is 6.58. The quantitative estimate of drug-likeness (QED) is 0.154. The van der Waals surface area contributed by atoms with Crippen LogP contribution in [0.25, 0.3) is 21.8 Å². The lowest BCUT2D eigenvalue weighted by Crippen LogP contribution is -2.27. The molecule has 0 aliphatic heterocycles. The highest BCUT2D eigenvalue weighted by molar-refractivity contribution is 7.13. The first kappa shape index (κ1) is 26.5. The van der Waals surface area contributed by atoms with E-state index in [1.807, 2.05) is 60.1 Å². The number of aromatic nitrogens is 1. The van der Waals surface area contributed by atoms with Crippen molar-refractivity contribution >= 4 is 76.1 Å². The molecule has 0 N–H and O–H groups in total. The van der Waals surface area contributed by atoms with E-state index in [9.17, 15) is 0 Å². The van der Waals surface area contributed by atoms with Crippen molar-refractivity contribution in [3.8, 4) is 21.8 Å². The summed E-state index contributed by atoms with van der Waals surface area (Å²) in [6.07, 6.45) is 1.83. The Hall–Kier alpha value is -2.08. The maximum Gasteiger partial charge on any atom is 0.124 e. The van der Waals surface area contributed by atoms with Crippen molar-refractivity contribution < 1.29 is 0 Å². The Morgan fingerprint density at radius 3 is 2.26 bits per heavy atom. The molecule has 0 amide bonds. The highest BCUT2D eigenvalue weighted by atomic mass is 35.5. The number of hydrogen-bond donors (Lipinski definition) is 0. The van der Waals surface area contributed by atoms with Gasteiger partial charge in [0.05, 0.1) is 16.4 Å². The topological polar surface area (TPSA) is 28.5 Å². The van der Waals surface area contributed by atoms with Crippen LogP contribution in [0, 0.1) is 0 Å². The zero-order chi connectivity index (χ0) is 23.0. The number of rotatable bonds is 9. The monoisotopic (exact) mass is 549 g/mol. The first-order valence-electron chi connectivity index (χ1n) is 10.5. The van der Waals surface area contributed by atoms with Gasteiger partial charge in [-0.2, -0.15) is 0 Å². The van der Waals surface area contributed by atoms with Gasteiger partial charge in [-0.05, 0) is 35.9 Å². The van der Waals surface area contributed by atoms with E-state index in [0.717, 1.165) is 51.9 Å². The van der Waals surface area contributed by atoms with Crippen LogP contribution >= 0.6 is 58.5 Å². The fourth-order valence-corrected chi connectivity index (χ4v) is 4.90. The van der Waals surface area contributed by atoms with Gasteiger partial charge in [-0.25, -0.2) is 4.98 Å². The van der Waals surface area contributed by atoms with Crippen molar-refractivity contribution in [2.75, 3.05) is 29.7 Å². The van der Waals surface area contributed by atoms with Crippen LogP contribution in [0.1, 0.15) is 5.56 Å². The second kappa shape index (κ2) is 13.1. The Labute approximate surface area is 225 Å². The smallest absolute Gasteiger partial charge is 0.124 e. The third-order valence-corrected chi connectivity index (χ3v) is 6.63. The second-order valence-corrected chi connectivity index (χ2v) is 9.30. The van der Waals surface area contributed by atoms with Crippen molar-refractivity contribution in [1.82, 2.24) is 4.98 Å². The zero-order valence-electron chi connectivity index (χ0n) is 18.2. The third-order valence-electron chi connectivity index (χ3n) is 5.08. The Kier molecular flexibility index (Phi) is 10.2. The van der Waals surface area contributed by atoms with Crippen LogP contribution in [0.4, 0.5) is 11.4 Å². The van der Waals surface area contributed by atoms with Crippen LogP contribution in [0.15, 0.2) is 83.2 Å². The second-order valence-electron chi connectivity index (χ2n) is 7.28. The number of halogens is 4. The van der Waals surface area contributed by atoms with Gasteiger partial charge in [-0.15, -0.1) is 46.9 Å². The molecule has 3 aromatic carbocycles. The molecule has 0 fully saturated rings. The standard InChI is InChI=1S/C26H22Cl3N3S.ClH/c27-12-14-32(15-13-28)22-9-6-19(7-10-22)17-30-21-8-11-23(24(29)16-21)25-18-33-26(31-25)20-4-2-1-3-5-20;/h1-11,16-18H,12-15H2;1H. The molecule has 3 nitrogen and oxygen atoms in total. The molecule has 0 radical (unpaired) electrons. The van der Waals surface area contributed by atoms with Gasteiger partial charge in [0.15, 0.2) is 0 Å². The van der Waals surface area contributed by atoms with E-state index in [2.05, 4.69) is 34.2 Å². The molecule has 34 heavy (non-hydrogen) atoms. The molecule has 1 heterocycles. The number of nitrogens with zero attached hydrogens (tertiary/aromatic N) is 3. The molecule has 0 aliphatic carbocycles. The van der Waals surface area contributed by atoms with E-state index >= 15 is 0 Å². The van der Waals surface area contributed by atoms with Crippen LogP contribution < -0.4 is 4.90 Å². The van der Waals surface area contributed by atoms with Gasteiger partial charge in [0.25, 0.3) is 0 Å². The minimum Gasteiger partial charge on any atom is -0.369 e. The lowest BCUT2D eigenvalue weighted by molar-refractivity contribution is 0.874. The molecule has 0 bridgehead atoms. The highest BCUT2D eigenvalue weighted by Gasteiger charge is 2.10. The Morgan fingerprint density at radius 1 is 0.912 bits per heavy atom. The zero-order valence-corrected chi connectivity index (χ0v) is 22.1. The third kappa shape index (κ3) is 6.74. The molecule has 0 unspecified atom stereocenters. The number of benzene rings is 3. The largest absolute Gasteiger partial charge is 0.369 e. The van der Waals surface area contributed by atoms with Crippen molar-refractivity contribution in [3.05, 3.63) is 88.8 Å². The molecule has 4 aromatic rings. The van der Waals surface area contributed by atoms with Gasteiger partial charge in [0.1, 0.15) is 5.01 Å². The molecule has 0 spiro atoms. The fourth-order valence-electron chi connectivity index (χ4n) is 3.40. The summed E-state index contributed by atoms with van der Waals surface area (Å²) in [6, 6.07) is 24.1. The van der Waals surface area contributed by atoms with E-state index in [1.54, 1.807) is 11.3 Å². The first-order valence-corrected chi connectivity index (χ1v) is 12.8. The number of aliphatic imine (C=N–C) groups is 1. The number of alkyl halides is 2. The minimum absolute atomic E-state index is 0. The SMILES string of the molecule is Cl.ClCCN(CCCl)c1ccc(C=Nc2ccc(-c3csc(-c4ccccc4)n3)c(Cl)c2)cc1. The summed E-state index contributed by atoms with van der Waals surface area (Å²) < 4.78 is 0.